The van der Waals surface area contributed by atoms with Gasteiger partial charge in [0.15, 0.2) is 0 Å². The number of amides is 1. The Morgan fingerprint density at radius 1 is 1.57 bits per heavy atom. The molecule has 8 heteroatoms. The first-order valence-corrected chi connectivity index (χ1v) is 8.23. The Morgan fingerprint density at radius 3 is 2.96 bits per heavy atom. The third kappa shape index (κ3) is 3.40. The minimum absolute atomic E-state index is 0.121. The quantitative estimate of drug-likeness (QED) is 0.810. The summed E-state index contributed by atoms with van der Waals surface area (Å²) >= 11 is 1.14. The highest BCUT2D eigenvalue weighted by molar-refractivity contribution is 7.99. The van der Waals surface area contributed by atoms with Crippen molar-refractivity contribution in [3.63, 3.8) is 0 Å². The molecule has 23 heavy (non-hydrogen) atoms. The highest BCUT2D eigenvalue weighted by Crippen LogP contribution is 2.39. The molecule has 2 aromatic rings. The van der Waals surface area contributed by atoms with Gasteiger partial charge in [-0.25, -0.2) is 0 Å². The molecular weight excluding hydrogens is 316 g/mol. The van der Waals surface area contributed by atoms with E-state index in [9.17, 15) is 10.1 Å². The lowest BCUT2D eigenvalue weighted by molar-refractivity contribution is -0.119. The van der Waals surface area contributed by atoms with Crippen LogP contribution in [-0.4, -0.2) is 27.4 Å². The van der Waals surface area contributed by atoms with Crippen LogP contribution < -0.4 is 5.32 Å². The fraction of sp³-hybridized carbons (Fsp3) is 0.467. The smallest absolute Gasteiger partial charge is 0.277 e. The van der Waals surface area contributed by atoms with Gasteiger partial charge in [-0.3, -0.25) is 4.79 Å². The number of hydrogen-bond acceptors (Lipinski definition) is 7. The summed E-state index contributed by atoms with van der Waals surface area (Å²) in [6.07, 6.45) is 3.51. The fourth-order valence-corrected chi connectivity index (χ4v) is 2.88. The second-order valence-electron chi connectivity index (χ2n) is 5.69. The van der Waals surface area contributed by atoms with Crippen LogP contribution in [0.1, 0.15) is 25.5 Å². The van der Waals surface area contributed by atoms with Crippen LogP contribution in [0.15, 0.2) is 26.4 Å². The molecule has 0 aromatic carbocycles. The summed E-state index contributed by atoms with van der Waals surface area (Å²) in [6, 6.07) is 3.94. The van der Waals surface area contributed by atoms with Gasteiger partial charge in [-0.05, 0) is 38.7 Å². The van der Waals surface area contributed by atoms with Crippen molar-refractivity contribution in [3.8, 4) is 17.5 Å². The molecule has 0 saturated heterocycles. The van der Waals surface area contributed by atoms with E-state index >= 15 is 0 Å². The molecular formula is C15H16N4O3S. The van der Waals surface area contributed by atoms with E-state index in [4.69, 9.17) is 8.83 Å². The topological polar surface area (TPSA) is 105 Å². The average molecular weight is 332 g/mol. The minimum Gasteiger partial charge on any atom is -0.469 e. The summed E-state index contributed by atoms with van der Waals surface area (Å²) in [4.78, 5) is 12.0. The molecule has 1 atom stereocenters. The lowest BCUT2D eigenvalue weighted by atomic mass is 9.98. The number of aryl methyl sites for hydroxylation is 1. The molecule has 1 aliphatic carbocycles. The Labute approximate surface area is 137 Å². The third-order valence-corrected chi connectivity index (χ3v) is 4.67. The van der Waals surface area contributed by atoms with Crippen LogP contribution in [0.4, 0.5) is 0 Å². The number of furan rings is 1. The molecule has 1 aliphatic rings. The number of carbonyl (C=O) groups excluding carboxylic acids is 1. The number of hydrogen-bond donors (Lipinski definition) is 1. The van der Waals surface area contributed by atoms with Crippen LogP contribution in [0.2, 0.25) is 0 Å². The van der Waals surface area contributed by atoms with Crippen LogP contribution >= 0.6 is 11.8 Å². The summed E-state index contributed by atoms with van der Waals surface area (Å²) in [6.45, 7) is 3.57. The van der Waals surface area contributed by atoms with Gasteiger partial charge in [0.05, 0.1) is 23.6 Å². The van der Waals surface area contributed by atoms with E-state index in [1.54, 1.807) is 26.2 Å². The van der Waals surface area contributed by atoms with Gasteiger partial charge in [-0.1, -0.05) is 11.8 Å². The second kappa shape index (κ2) is 6.08. The molecule has 0 bridgehead atoms. The summed E-state index contributed by atoms with van der Waals surface area (Å²) < 4.78 is 10.7. The van der Waals surface area contributed by atoms with Gasteiger partial charge in [-0.15, -0.1) is 10.2 Å². The van der Waals surface area contributed by atoms with Gasteiger partial charge in [0.25, 0.3) is 11.1 Å². The average Bonchev–Trinajstić information content (AvgIpc) is 3.16. The number of rotatable bonds is 6. The van der Waals surface area contributed by atoms with Crippen LogP contribution in [0.3, 0.4) is 0 Å². The molecule has 7 nitrogen and oxygen atoms in total. The lowest BCUT2D eigenvalue weighted by Gasteiger charge is -2.22. The SMILES string of the molecule is Cc1occc1-c1nnc(SCC(=O)N[C@](C)(C#N)C2CC2)o1. The molecule has 3 rings (SSSR count). The standard InChI is InChI=1S/C15H16N4O3S/c1-9-11(5-6-21-9)13-18-19-14(22-13)23-7-12(20)17-15(2,8-16)10-3-4-10/h5-6,10H,3-4,7H2,1-2H3,(H,17,20)/t15-/m1/s1. The normalized spacial score (nSPS) is 16.6. The van der Waals surface area contributed by atoms with Gasteiger partial charge in [0.2, 0.25) is 5.91 Å². The maximum absolute atomic E-state index is 12.0. The summed E-state index contributed by atoms with van der Waals surface area (Å²) in [7, 11) is 0. The Balaban J connectivity index is 1.57. The van der Waals surface area contributed by atoms with Crippen LogP contribution in [0, 0.1) is 24.2 Å². The first-order valence-electron chi connectivity index (χ1n) is 7.25. The van der Waals surface area contributed by atoms with Gasteiger partial charge < -0.3 is 14.2 Å². The van der Waals surface area contributed by atoms with Gasteiger partial charge in [-0.2, -0.15) is 5.26 Å². The second-order valence-corrected chi connectivity index (χ2v) is 6.62. The van der Waals surface area contributed by atoms with Crippen LogP contribution in [-0.2, 0) is 4.79 Å². The monoisotopic (exact) mass is 332 g/mol. The zero-order valence-corrected chi connectivity index (χ0v) is 13.6. The van der Waals surface area contributed by atoms with Crippen LogP contribution in [0.25, 0.3) is 11.5 Å². The number of carbonyl (C=O) groups is 1. The van der Waals surface area contributed by atoms with E-state index in [1.165, 1.54) is 0 Å². The number of nitriles is 1. The molecule has 1 N–H and O–H groups in total. The van der Waals surface area contributed by atoms with Gasteiger partial charge in [0, 0.05) is 0 Å². The molecule has 120 valence electrons. The van der Waals surface area contributed by atoms with E-state index in [1.807, 2.05) is 0 Å². The van der Waals surface area contributed by atoms with Crippen molar-refractivity contribution < 1.29 is 13.6 Å². The van der Waals surface area contributed by atoms with Gasteiger partial charge in [0.1, 0.15) is 11.3 Å². The van der Waals surface area contributed by atoms with E-state index in [2.05, 4.69) is 21.6 Å². The summed E-state index contributed by atoms with van der Waals surface area (Å²) in [5.74, 6) is 1.21. The van der Waals surface area contributed by atoms with Crippen molar-refractivity contribution in [2.75, 3.05) is 5.75 Å². The maximum Gasteiger partial charge on any atom is 0.277 e. The Morgan fingerprint density at radius 2 is 2.35 bits per heavy atom. The van der Waals surface area contributed by atoms with Crippen molar-refractivity contribution in [3.05, 3.63) is 18.1 Å². The first kappa shape index (κ1) is 15.6. The minimum atomic E-state index is -0.786. The van der Waals surface area contributed by atoms with Crippen molar-refractivity contribution >= 4 is 17.7 Å². The van der Waals surface area contributed by atoms with E-state index in [-0.39, 0.29) is 17.6 Å². The number of aromatic nitrogens is 2. The number of thioether (sulfide) groups is 1. The zero-order valence-electron chi connectivity index (χ0n) is 12.8. The molecule has 1 saturated carbocycles. The highest BCUT2D eigenvalue weighted by Gasteiger charge is 2.42. The van der Waals surface area contributed by atoms with Gasteiger partial charge >= 0.3 is 0 Å². The number of nitrogens with one attached hydrogen (secondary N) is 1. The fourth-order valence-electron chi connectivity index (χ4n) is 2.32. The zero-order chi connectivity index (χ0) is 16.4. The van der Waals surface area contributed by atoms with Crippen molar-refractivity contribution in [1.82, 2.24) is 15.5 Å². The Hall–Kier alpha value is -2.27. The molecule has 2 heterocycles. The van der Waals surface area contributed by atoms with E-state index in [0.29, 0.717) is 16.9 Å². The molecule has 1 fully saturated rings. The van der Waals surface area contributed by atoms with E-state index < -0.39 is 5.54 Å². The van der Waals surface area contributed by atoms with Crippen LogP contribution in [0.5, 0.6) is 0 Å². The van der Waals surface area contributed by atoms with Crippen molar-refractivity contribution in [1.29, 1.82) is 5.26 Å². The maximum atomic E-state index is 12.0. The highest BCUT2D eigenvalue weighted by atomic mass is 32.2. The molecule has 2 aromatic heterocycles. The predicted molar refractivity (Wildman–Crippen MR) is 82.3 cm³/mol. The van der Waals surface area contributed by atoms with E-state index in [0.717, 1.165) is 30.2 Å². The third-order valence-electron chi connectivity index (χ3n) is 3.85. The molecule has 0 aliphatic heterocycles. The largest absolute Gasteiger partial charge is 0.469 e. The summed E-state index contributed by atoms with van der Waals surface area (Å²) in [5.41, 5.74) is -0.0504. The summed E-state index contributed by atoms with van der Waals surface area (Å²) in [5, 5.41) is 20.2. The van der Waals surface area contributed by atoms with Crippen molar-refractivity contribution in [2.24, 2.45) is 5.92 Å². The number of nitrogens with zero attached hydrogens (tertiary/aromatic N) is 3. The molecule has 1 amide bonds. The molecule has 0 spiro atoms. The predicted octanol–water partition coefficient (Wildman–Crippen LogP) is 2.54. The Kier molecular flexibility index (Phi) is 4.13. The molecule has 0 unspecified atom stereocenters. The lowest BCUT2D eigenvalue weighted by Crippen LogP contribution is -2.47. The van der Waals surface area contributed by atoms with Crippen molar-refractivity contribution in [2.45, 2.75) is 37.5 Å². The molecule has 0 radical (unpaired) electrons. The Bertz CT molecular complexity index is 759. The first-order chi connectivity index (χ1) is 11.0.